The van der Waals surface area contributed by atoms with Crippen LogP contribution in [-0.2, 0) is 5.54 Å². The fourth-order valence-corrected chi connectivity index (χ4v) is 3.74. The van der Waals surface area contributed by atoms with Crippen molar-refractivity contribution in [1.82, 2.24) is 14.5 Å². The zero-order valence-corrected chi connectivity index (χ0v) is 10.7. The molecule has 0 amide bonds. The Kier molecular flexibility index (Phi) is 1.85. The Hall–Kier alpha value is -1.16. The van der Waals surface area contributed by atoms with Gasteiger partial charge in [-0.3, -0.25) is 0 Å². The Morgan fingerprint density at radius 1 is 1.35 bits per heavy atom. The van der Waals surface area contributed by atoms with Gasteiger partial charge in [-0.25, -0.2) is 9.97 Å². The molecule has 2 aliphatic carbocycles. The highest BCUT2D eigenvalue weighted by atomic mass is 32.1. The van der Waals surface area contributed by atoms with Crippen molar-refractivity contribution in [3.05, 3.63) is 23.6 Å². The Bertz CT molecular complexity index is 561. The molecule has 2 aromatic heterocycles. The molecule has 0 saturated heterocycles. The topological polar surface area (TPSA) is 30.7 Å². The molecule has 3 nitrogen and oxygen atoms in total. The number of thiazole rings is 1. The van der Waals surface area contributed by atoms with E-state index in [1.165, 1.54) is 30.6 Å². The van der Waals surface area contributed by atoms with Gasteiger partial charge in [0.05, 0.1) is 16.1 Å². The molecule has 2 aliphatic rings. The molecule has 0 bridgehead atoms. The van der Waals surface area contributed by atoms with E-state index in [9.17, 15) is 0 Å². The van der Waals surface area contributed by atoms with E-state index in [0.29, 0.717) is 5.54 Å². The lowest BCUT2D eigenvalue weighted by molar-refractivity contribution is 0.425. The lowest BCUT2D eigenvalue weighted by Crippen LogP contribution is -2.19. The van der Waals surface area contributed by atoms with Crippen LogP contribution in [0.1, 0.15) is 31.4 Å². The number of aromatic nitrogens is 3. The van der Waals surface area contributed by atoms with Crippen LogP contribution < -0.4 is 0 Å². The van der Waals surface area contributed by atoms with Crippen LogP contribution >= 0.6 is 11.3 Å². The molecule has 2 aromatic rings. The SMILES string of the molecule is Cc1ncsc1-c1nccn1C1(C2CC2)CC1. The molecule has 2 saturated carbocycles. The summed E-state index contributed by atoms with van der Waals surface area (Å²) in [7, 11) is 0. The van der Waals surface area contributed by atoms with Gasteiger partial charge in [0.1, 0.15) is 0 Å². The summed E-state index contributed by atoms with van der Waals surface area (Å²) in [6, 6.07) is 0. The van der Waals surface area contributed by atoms with E-state index >= 15 is 0 Å². The van der Waals surface area contributed by atoms with E-state index in [1.54, 1.807) is 11.3 Å². The molecule has 0 N–H and O–H groups in total. The average molecular weight is 245 g/mol. The molecule has 2 heterocycles. The first-order valence-electron chi connectivity index (χ1n) is 6.25. The zero-order chi connectivity index (χ0) is 11.5. The predicted octanol–water partition coefficient (Wildman–Crippen LogP) is 3.21. The highest BCUT2D eigenvalue weighted by molar-refractivity contribution is 7.13. The second kappa shape index (κ2) is 3.19. The fraction of sp³-hybridized carbons (Fsp3) is 0.538. The zero-order valence-electron chi connectivity index (χ0n) is 9.89. The number of imidazole rings is 1. The van der Waals surface area contributed by atoms with Crippen molar-refractivity contribution >= 4 is 11.3 Å². The summed E-state index contributed by atoms with van der Waals surface area (Å²) in [6.45, 7) is 2.07. The third kappa shape index (κ3) is 1.33. The summed E-state index contributed by atoms with van der Waals surface area (Å²) in [5, 5.41) is 0. The highest BCUT2D eigenvalue weighted by Gasteiger charge is 2.56. The maximum atomic E-state index is 4.57. The third-order valence-corrected chi connectivity index (χ3v) is 5.09. The maximum Gasteiger partial charge on any atom is 0.152 e. The quantitative estimate of drug-likeness (QED) is 0.831. The van der Waals surface area contributed by atoms with Crippen LogP contribution in [0.25, 0.3) is 10.7 Å². The van der Waals surface area contributed by atoms with E-state index in [2.05, 4.69) is 27.7 Å². The van der Waals surface area contributed by atoms with Crippen molar-refractivity contribution < 1.29 is 0 Å². The van der Waals surface area contributed by atoms with Crippen molar-refractivity contribution in [2.24, 2.45) is 5.92 Å². The van der Waals surface area contributed by atoms with Crippen LogP contribution in [-0.4, -0.2) is 14.5 Å². The summed E-state index contributed by atoms with van der Waals surface area (Å²) in [6.07, 6.45) is 9.58. The van der Waals surface area contributed by atoms with E-state index in [-0.39, 0.29) is 0 Å². The van der Waals surface area contributed by atoms with Crippen LogP contribution in [0, 0.1) is 12.8 Å². The summed E-state index contributed by atoms with van der Waals surface area (Å²) in [5.74, 6) is 2.04. The normalized spacial score (nSPS) is 21.7. The number of rotatable bonds is 3. The van der Waals surface area contributed by atoms with Gasteiger partial charge >= 0.3 is 0 Å². The molecule has 0 aromatic carbocycles. The maximum absolute atomic E-state index is 4.57. The Labute approximate surface area is 105 Å². The van der Waals surface area contributed by atoms with Crippen LogP contribution in [0.15, 0.2) is 17.9 Å². The Balaban J connectivity index is 1.83. The van der Waals surface area contributed by atoms with Gasteiger partial charge in [-0.15, -0.1) is 11.3 Å². The van der Waals surface area contributed by atoms with E-state index in [0.717, 1.165) is 17.4 Å². The first-order valence-corrected chi connectivity index (χ1v) is 7.13. The standard InChI is InChI=1S/C13H15N3S/c1-9-11(17-8-15-9)12-14-6-7-16(12)13(4-5-13)10-2-3-10/h6-8,10H,2-5H2,1H3. The molecule has 2 fully saturated rings. The molecule has 4 rings (SSSR count). The molecule has 0 spiro atoms. The van der Waals surface area contributed by atoms with E-state index in [4.69, 9.17) is 0 Å². The van der Waals surface area contributed by atoms with Gasteiger partial charge in [0.25, 0.3) is 0 Å². The molecule has 0 atom stereocenters. The number of hydrogen-bond acceptors (Lipinski definition) is 3. The second-order valence-electron chi connectivity index (χ2n) is 5.27. The van der Waals surface area contributed by atoms with Gasteiger partial charge in [0, 0.05) is 17.9 Å². The van der Waals surface area contributed by atoms with Crippen molar-refractivity contribution in [3.8, 4) is 10.7 Å². The van der Waals surface area contributed by atoms with Crippen molar-refractivity contribution in [1.29, 1.82) is 0 Å². The monoisotopic (exact) mass is 245 g/mol. The molecule has 17 heavy (non-hydrogen) atoms. The molecule has 0 radical (unpaired) electrons. The third-order valence-electron chi connectivity index (χ3n) is 4.17. The number of aryl methyl sites for hydroxylation is 1. The van der Waals surface area contributed by atoms with Crippen LogP contribution in [0.3, 0.4) is 0 Å². The molecule has 88 valence electrons. The minimum atomic E-state index is 0.419. The van der Waals surface area contributed by atoms with Crippen LogP contribution in [0.2, 0.25) is 0 Å². The number of hydrogen-bond donors (Lipinski definition) is 0. The van der Waals surface area contributed by atoms with Crippen LogP contribution in [0.5, 0.6) is 0 Å². The lowest BCUT2D eigenvalue weighted by atomic mass is 10.1. The van der Waals surface area contributed by atoms with Gasteiger partial charge in [0.15, 0.2) is 5.82 Å². The molecule has 4 heteroatoms. The van der Waals surface area contributed by atoms with Crippen molar-refractivity contribution in [2.75, 3.05) is 0 Å². The highest BCUT2D eigenvalue weighted by Crippen LogP contribution is 2.60. The van der Waals surface area contributed by atoms with Crippen molar-refractivity contribution in [2.45, 2.75) is 38.1 Å². The van der Waals surface area contributed by atoms with Gasteiger partial charge in [-0.2, -0.15) is 0 Å². The smallest absolute Gasteiger partial charge is 0.152 e. The molecular weight excluding hydrogens is 230 g/mol. The van der Waals surface area contributed by atoms with Gasteiger partial charge in [0.2, 0.25) is 0 Å². The molecular formula is C13H15N3S. The Morgan fingerprint density at radius 3 is 2.76 bits per heavy atom. The summed E-state index contributed by atoms with van der Waals surface area (Å²) in [4.78, 5) is 10.1. The minimum absolute atomic E-state index is 0.419. The van der Waals surface area contributed by atoms with E-state index in [1.807, 2.05) is 11.7 Å². The predicted molar refractivity (Wildman–Crippen MR) is 68.0 cm³/mol. The van der Waals surface area contributed by atoms with Crippen molar-refractivity contribution in [3.63, 3.8) is 0 Å². The first-order chi connectivity index (χ1) is 8.31. The van der Waals surface area contributed by atoms with E-state index < -0.39 is 0 Å². The summed E-state index contributed by atoms with van der Waals surface area (Å²) in [5.41, 5.74) is 3.44. The Morgan fingerprint density at radius 2 is 2.18 bits per heavy atom. The summed E-state index contributed by atoms with van der Waals surface area (Å²) < 4.78 is 2.44. The first kappa shape index (κ1) is 9.83. The van der Waals surface area contributed by atoms with Gasteiger partial charge < -0.3 is 4.57 Å². The minimum Gasteiger partial charge on any atom is -0.324 e. The fourth-order valence-electron chi connectivity index (χ4n) is 2.94. The largest absolute Gasteiger partial charge is 0.324 e. The lowest BCUT2D eigenvalue weighted by Gasteiger charge is -2.19. The number of nitrogens with zero attached hydrogens (tertiary/aromatic N) is 3. The van der Waals surface area contributed by atoms with Gasteiger partial charge in [-0.1, -0.05) is 0 Å². The van der Waals surface area contributed by atoms with Crippen LogP contribution in [0.4, 0.5) is 0 Å². The summed E-state index contributed by atoms with van der Waals surface area (Å²) >= 11 is 1.70. The second-order valence-corrected chi connectivity index (χ2v) is 6.12. The van der Waals surface area contributed by atoms with Gasteiger partial charge in [-0.05, 0) is 38.5 Å². The molecule has 0 aliphatic heterocycles. The average Bonchev–Trinajstić information content (AvgIpc) is 3.22. The molecule has 0 unspecified atom stereocenters.